The first-order chi connectivity index (χ1) is 11.9. The molecule has 0 aliphatic rings. The first-order valence-corrected chi connectivity index (χ1v) is 11.0. The monoisotopic (exact) mass is 370 g/mol. The zero-order valence-electron chi connectivity index (χ0n) is 15.5. The summed E-state index contributed by atoms with van der Waals surface area (Å²) in [7, 11) is -3.27. The molecule has 0 aromatic heterocycles. The molecule has 0 aliphatic carbocycles. The molecule has 1 aromatic rings. The summed E-state index contributed by atoms with van der Waals surface area (Å²) in [5.74, 6) is -1.08. The summed E-state index contributed by atoms with van der Waals surface area (Å²) >= 11 is 0. The van der Waals surface area contributed by atoms with Gasteiger partial charge in [-0.1, -0.05) is 51.1 Å². The molecule has 0 bridgehead atoms. The molecule has 0 saturated heterocycles. The molecule has 0 unspecified atom stereocenters. The summed E-state index contributed by atoms with van der Waals surface area (Å²) in [6.07, 6.45) is 2.42. The Bertz CT molecular complexity index is 544. The fraction of sp³-hybridized carbons (Fsp3) is 0.632. The third-order valence-electron chi connectivity index (χ3n) is 3.76. The fourth-order valence-corrected chi connectivity index (χ4v) is 4.61. The second kappa shape index (κ2) is 11.5. The highest BCUT2D eigenvalue weighted by Crippen LogP contribution is 2.49. The summed E-state index contributed by atoms with van der Waals surface area (Å²) < 4.78 is 24.4. The van der Waals surface area contributed by atoms with E-state index in [1.165, 1.54) is 5.56 Å². The maximum absolute atomic E-state index is 13.0. The van der Waals surface area contributed by atoms with E-state index in [-0.39, 0.29) is 12.1 Å². The molecule has 0 spiro atoms. The summed E-state index contributed by atoms with van der Waals surface area (Å²) in [6, 6.07) is 10.1. The summed E-state index contributed by atoms with van der Waals surface area (Å²) in [4.78, 5) is 11.1. The Morgan fingerprint density at radius 3 is 2.44 bits per heavy atom. The van der Waals surface area contributed by atoms with E-state index in [4.69, 9.17) is 14.4 Å². The number of carboxylic acid groups (broad SMARTS) is 1. The maximum atomic E-state index is 13.0. The predicted molar refractivity (Wildman–Crippen MR) is 100 cm³/mol. The Morgan fingerprint density at radius 2 is 1.88 bits per heavy atom. The molecular weight excluding hydrogens is 339 g/mol. The van der Waals surface area contributed by atoms with Gasteiger partial charge in [0.2, 0.25) is 7.37 Å². The zero-order chi connectivity index (χ0) is 18.7. The van der Waals surface area contributed by atoms with Gasteiger partial charge < -0.3 is 9.84 Å². The molecule has 0 fully saturated rings. The van der Waals surface area contributed by atoms with Gasteiger partial charge in [-0.15, -0.1) is 0 Å². The molecule has 1 aromatic carbocycles. The molecule has 1 rings (SSSR count). The van der Waals surface area contributed by atoms with E-state index < -0.39 is 25.8 Å². The Balaban J connectivity index is 2.60. The summed E-state index contributed by atoms with van der Waals surface area (Å²) in [6.45, 7) is 6.32. The Hall–Kier alpha value is -1.16. The van der Waals surface area contributed by atoms with E-state index in [0.29, 0.717) is 13.0 Å². The third-order valence-corrected chi connectivity index (χ3v) is 6.10. The van der Waals surface area contributed by atoms with Crippen LogP contribution >= 0.6 is 7.37 Å². The van der Waals surface area contributed by atoms with Crippen LogP contribution in [0.5, 0.6) is 0 Å². The molecular formula is C19H31O5P. The molecule has 6 heteroatoms. The lowest BCUT2D eigenvalue weighted by Gasteiger charge is -2.27. The van der Waals surface area contributed by atoms with Crippen LogP contribution in [0.25, 0.3) is 0 Å². The fourth-order valence-electron chi connectivity index (χ4n) is 2.47. The first-order valence-electron chi connectivity index (χ1n) is 9.00. The number of hydrogen-bond acceptors (Lipinski definition) is 4. The second-order valence-corrected chi connectivity index (χ2v) is 9.22. The summed E-state index contributed by atoms with van der Waals surface area (Å²) in [5, 5.41) is 9.12. The molecule has 0 radical (unpaired) electrons. The van der Waals surface area contributed by atoms with Crippen molar-refractivity contribution in [2.45, 2.75) is 52.7 Å². The SMILES string of the molecule is CCCO[C@H](O[P@@](=O)(CCCCc1ccccc1)CC(=O)O)C(C)C. The van der Waals surface area contributed by atoms with E-state index in [1.807, 2.05) is 39.0 Å². The third kappa shape index (κ3) is 9.20. The number of rotatable bonds is 13. The number of carbonyl (C=O) groups is 1. The summed E-state index contributed by atoms with van der Waals surface area (Å²) in [5.41, 5.74) is 1.22. The van der Waals surface area contributed by atoms with Gasteiger partial charge in [-0.25, -0.2) is 0 Å². The molecule has 0 aliphatic heterocycles. The molecule has 1 N–H and O–H groups in total. The van der Waals surface area contributed by atoms with Crippen LogP contribution in [0.2, 0.25) is 0 Å². The highest BCUT2D eigenvalue weighted by atomic mass is 31.2. The van der Waals surface area contributed by atoms with Crippen molar-refractivity contribution in [1.82, 2.24) is 0 Å². The lowest BCUT2D eigenvalue weighted by Crippen LogP contribution is -2.25. The van der Waals surface area contributed by atoms with Crippen molar-refractivity contribution in [2.24, 2.45) is 5.92 Å². The van der Waals surface area contributed by atoms with Gasteiger partial charge in [-0.2, -0.15) is 0 Å². The number of benzene rings is 1. The number of ether oxygens (including phenoxy) is 1. The Labute approximate surface area is 151 Å². The van der Waals surface area contributed by atoms with Gasteiger partial charge in [0.1, 0.15) is 6.16 Å². The number of hydrogen-bond donors (Lipinski definition) is 1. The molecule has 25 heavy (non-hydrogen) atoms. The normalized spacial score (nSPS) is 15.0. The van der Waals surface area contributed by atoms with Crippen LogP contribution in [0.4, 0.5) is 0 Å². The maximum Gasteiger partial charge on any atom is 0.313 e. The molecule has 142 valence electrons. The minimum Gasteiger partial charge on any atom is -0.481 e. The van der Waals surface area contributed by atoms with Crippen molar-refractivity contribution >= 4 is 13.3 Å². The van der Waals surface area contributed by atoms with E-state index in [2.05, 4.69) is 12.1 Å². The van der Waals surface area contributed by atoms with E-state index in [0.717, 1.165) is 19.3 Å². The average Bonchev–Trinajstić information content (AvgIpc) is 2.55. The van der Waals surface area contributed by atoms with Crippen molar-refractivity contribution < 1.29 is 23.7 Å². The van der Waals surface area contributed by atoms with Gasteiger partial charge >= 0.3 is 5.97 Å². The van der Waals surface area contributed by atoms with Crippen molar-refractivity contribution in [2.75, 3.05) is 18.9 Å². The lowest BCUT2D eigenvalue weighted by atomic mass is 10.1. The van der Waals surface area contributed by atoms with Gasteiger partial charge in [-0.05, 0) is 31.2 Å². The van der Waals surface area contributed by atoms with Crippen LogP contribution in [0, 0.1) is 5.92 Å². The van der Waals surface area contributed by atoms with Crippen LogP contribution in [-0.2, 0) is 25.0 Å². The van der Waals surface area contributed by atoms with Crippen molar-refractivity contribution in [3.05, 3.63) is 35.9 Å². The van der Waals surface area contributed by atoms with Crippen LogP contribution in [0.3, 0.4) is 0 Å². The van der Waals surface area contributed by atoms with Crippen molar-refractivity contribution in [3.8, 4) is 0 Å². The van der Waals surface area contributed by atoms with Gasteiger partial charge in [0.15, 0.2) is 6.29 Å². The number of unbranched alkanes of at least 4 members (excludes halogenated alkanes) is 1. The lowest BCUT2D eigenvalue weighted by molar-refractivity contribution is -0.134. The van der Waals surface area contributed by atoms with E-state index in [1.54, 1.807) is 0 Å². The standard InChI is InChI=1S/C19H31O5P/c1-4-13-23-19(16(2)3)24-25(22,15-18(20)21)14-9-8-12-17-10-6-5-7-11-17/h5-7,10-11,16,19H,4,8-9,12-15H2,1-3H3,(H,20,21)/t19-,25+/m1/s1. The van der Waals surface area contributed by atoms with Crippen LogP contribution in [-0.4, -0.2) is 36.3 Å². The van der Waals surface area contributed by atoms with Gasteiger partial charge in [0, 0.05) is 18.7 Å². The topological polar surface area (TPSA) is 72.8 Å². The first kappa shape index (κ1) is 21.9. The molecule has 0 heterocycles. The van der Waals surface area contributed by atoms with Gasteiger partial charge in [0.25, 0.3) is 0 Å². The number of carboxylic acids is 1. The van der Waals surface area contributed by atoms with Gasteiger partial charge in [0.05, 0.1) is 0 Å². The quantitative estimate of drug-likeness (QED) is 0.307. The number of aryl methyl sites for hydroxylation is 1. The largest absolute Gasteiger partial charge is 0.481 e. The van der Waals surface area contributed by atoms with Crippen LogP contribution < -0.4 is 0 Å². The Morgan fingerprint density at radius 1 is 1.20 bits per heavy atom. The highest BCUT2D eigenvalue weighted by molar-refractivity contribution is 7.59. The Kier molecular flexibility index (Phi) is 10.0. The van der Waals surface area contributed by atoms with Crippen molar-refractivity contribution in [1.29, 1.82) is 0 Å². The smallest absolute Gasteiger partial charge is 0.313 e. The van der Waals surface area contributed by atoms with E-state index >= 15 is 0 Å². The molecule has 2 atom stereocenters. The van der Waals surface area contributed by atoms with Crippen LogP contribution in [0.1, 0.15) is 45.6 Å². The average molecular weight is 370 g/mol. The van der Waals surface area contributed by atoms with Crippen LogP contribution in [0.15, 0.2) is 30.3 Å². The number of aliphatic carboxylic acids is 1. The van der Waals surface area contributed by atoms with Gasteiger partial charge in [-0.3, -0.25) is 13.9 Å². The molecule has 0 saturated carbocycles. The van der Waals surface area contributed by atoms with E-state index in [9.17, 15) is 9.36 Å². The molecule has 0 amide bonds. The van der Waals surface area contributed by atoms with Crippen molar-refractivity contribution in [3.63, 3.8) is 0 Å². The zero-order valence-corrected chi connectivity index (χ0v) is 16.4. The minimum absolute atomic E-state index is 0.0120. The minimum atomic E-state index is -3.27. The second-order valence-electron chi connectivity index (χ2n) is 6.62. The predicted octanol–water partition coefficient (Wildman–Crippen LogP) is 4.80. The highest BCUT2D eigenvalue weighted by Gasteiger charge is 2.31. The molecule has 5 nitrogen and oxygen atoms in total.